The van der Waals surface area contributed by atoms with Gasteiger partial charge >= 0.3 is 0 Å². The van der Waals surface area contributed by atoms with Crippen LogP contribution in [0.4, 0.5) is 0 Å². The maximum absolute atomic E-state index is 4.69. The average Bonchev–Trinajstić information content (AvgIpc) is 3.17. The Morgan fingerprint density at radius 1 is 1.12 bits per heavy atom. The number of aryl methyl sites for hydroxylation is 2. The van der Waals surface area contributed by atoms with Crippen molar-refractivity contribution in [1.29, 1.82) is 0 Å². The van der Waals surface area contributed by atoms with Gasteiger partial charge in [-0.05, 0) is 38.1 Å². The summed E-state index contributed by atoms with van der Waals surface area (Å²) >= 11 is 0. The van der Waals surface area contributed by atoms with Gasteiger partial charge in [-0.3, -0.25) is 4.98 Å². The molecule has 0 spiro atoms. The predicted molar refractivity (Wildman–Crippen MR) is 92.5 cm³/mol. The molecule has 0 aliphatic heterocycles. The fourth-order valence-corrected chi connectivity index (χ4v) is 3.11. The third-order valence-corrected chi connectivity index (χ3v) is 4.36. The summed E-state index contributed by atoms with van der Waals surface area (Å²) < 4.78 is 3.93. The van der Waals surface area contributed by atoms with E-state index in [0.29, 0.717) is 0 Å². The smallest absolute Gasteiger partial charge is 0.140 e. The van der Waals surface area contributed by atoms with E-state index in [1.807, 2.05) is 44.6 Å². The van der Waals surface area contributed by atoms with E-state index in [2.05, 4.69) is 45.1 Å². The highest BCUT2D eigenvalue weighted by Crippen LogP contribution is 2.27. The molecule has 1 atom stereocenters. The van der Waals surface area contributed by atoms with E-state index in [1.54, 1.807) is 4.68 Å². The lowest BCUT2D eigenvalue weighted by Crippen LogP contribution is -2.07. The van der Waals surface area contributed by atoms with Crippen molar-refractivity contribution in [2.24, 2.45) is 7.05 Å². The molecule has 0 N–H and O–H groups in total. The summed E-state index contributed by atoms with van der Waals surface area (Å²) in [5.74, 6) is 0. The molecule has 0 saturated carbocycles. The molecule has 120 valence electrons. The molecule has 24 heavy (non-hydrogen) atoms. The minimum atomic E-state index is 0.127. The summed E-state index contributed by atoms with van der Waals surface area (Å²) in [5, 5.41) is 9.28. The van der Waals surface area contributed by atoms with Gasteiger partial charge in [0.25, 0.3) is 0 Å². The average molecular weight is 318 g/mol. The summed E-state index contributed by atoms with van der Waals surface area (Å²) in [4.78, 5) is 9.15. The second kappa shape index (κ2) is 5.56. The van der Waals surface area contributed by atoms with Crippen molar-refractivity contribution in [3.05, 3.63) is 60.3 Å². The Morgan fingerprint density at radius 2 is 2.00 bits per heavy atom. The first kappa shape index (κ1) is 14.6. The number of hydrogen-bond donors (Lipinski definition) is 0. The highest BCUT2D eigenvalue weighted by Gasteiger charge is 2.15. The van der Waals surface area contributed by atoms with Crippen molar-refractivity contribution in [2.75, 3.05) is 0 Å². The number of nitrogens with zero attached hydrogens (tertiary/aromatic N) is 6. The maximum Gasteiger partial charge on any atom is 0.140 e. The number of hydrogen-bond acceptors (Lipinski definition) is 4. The van der Waals surface area contributed by atoms with E-state index in [1.165, 1.54) is 0 Å². The highest BCUT2D eigenvalue weighted by molar-refractivity contribution is 5.81. The van der Waals surface area contributed by atoms with Crippen LogP contribution in [0.1, 0.15) is 24.4 Å². The van der Waals surface area contributed by atoms with Crippen molar-refractivity contribution in [3.63, 3.8) is 0 Å². The van der Waals surface area contributed by atoms with E-state index >= 15 is 0 Å². The van der Waals surface area contributed by atoms with E-state index in [9.17, 15) is 0 Å². The van der Waals surface area contributed by atoms with Gasteiger partial charge in [0.05, 0.1) is 23.1 Å². The predicted octanol–water partition coefficient (Wildman–Crippen LogP) is 3.14. The second-order valence-electron chi connectivity index (χ2n) is 5.94. The molecule has 0 aromatic carbocycles. The molecular weight excluding hydrogens is 300 g/mol. The molecule has 0 aliphatic rings. The van der Waals surface area contributed by atoms with Gasteiger partial charge in [-0.1, -0.05) is 11.3 Å². The van der Waals surface area contributed by atoms with Crippen LogP contribution in [0.5, 0.6) is 0 Å². The number of aromatic nitrogens is 6. The van der Waals surface area contributed by atoms with Gasteiger partial charge in [0.15, 0.2) is 0 Å². The Morgan fingerprint density at radius 3 is 2.71 bits per heavy atom. The molecule has 4 aromatic heterocycles. The zero-order chi connectivity index (χ0) is 16.7. The topological polar surface area (TPSA) is 61.4 Å². The van der Waals surface area contributed by atoms with Crippen LogP contribution in [0.25, 0.3) is 22.3 Å². The van der Waals surface area contributed by atoms with Crippen LogP contribution in [0.3, 0.4) is 0 Å². The zero-order valence-corrected chi connectivity index (χ0v) is 13.9. The van der Waals surface area contributed by atoms with Crippen LogP contribution in [-0.2, 0) is 7.05 Å². The van der Waals surface area contributed by atoms with Crippen molar-refractivity contribution in [1.82, 2.24) is 29.5 Å². The molecule has 0 radical (unpaired) electrons. The molecular formula is C18H18N6. The molecule has 4 aromatic rings. The van der Waals surface area contributed by atoms with Crippen LogP contribution in [0.2, 0.25) is 0 Å². The van der Waals surface area contributed by atoms with Gasteiger partial charge in [0.2, 0.25) is 0 Å². The van der Waals surface area contributed by atoms with Crippen LogP contribution < -0.4 is 0 Å². The molecule has 0 unspecified atom stereocenters. The third kappa shape index (κ3) is 2.27. The Balaban J connectivity index is 1.79. The van der Waals surface area contributed by atoms with Gasteiger partial charge in [0, 0.05) is 36.6 Å². The van der Waals surface area contributed by atoms with E-state index in [4.69, 9.17) is 4.98 Å². The summed E-state index contributed by atoms with van der Waals surface area (Å²) in [7, 11) is 1.90. The van der Waals surface area contributed by atoms with Crippen molar-refractivity contribution < 1.29 is 0 Å². The molecule has 4 heterocycles. The van der Waals surface area contributed by atoms with Crippen LogP contribution in [0.15, 0.2) is 48.9 Å². The van der Waals surface area contributed by atoms with Crippen LogP contribution in [0, 0.1) is 6.92 Å². The Kier molecular flexibility index (Phi) is 3.37. The fraction of sp³-hybridized carbons (Fsp3) is 0.222. The summed E-state index contributed by atoms with van der Waals surface area (Å²) in [6.45, 7) is 4.09. The number of pyridine rings is 2. The van der Waals surface area contributed by atoms with Gasteiger partial charge in [-0.25, -0.2) is 9.67 Å². The Bertz CT molecular complexity index is 979. The molecule has 0 fully saturated rings. The van der Waals surface area contributed by atoms with Gasteiger partial charge in [0.1, 0.15) is 5.65 Å². The van der Waals surface area contributed by atoms with E-state index in [-0.39, 0.29) is 6.04 Å². The summed E-state index contributed by atoms with van der Waals surface area (Å²) in [6, 6.07) is 10.3. The van der Waals surface area contributed by atoms with Gasteiger partial charge < -0.3 is 4.57 Å². The van der Waals surface area contributed by atoms with Crippen molar-refractivity contribution >= 4 is 11.0 Å². The monoisotopic (exact) mass is 318 g/mol. The first-order valence-corrected chi connectivity index (χ1v) is 7.89. The largest absolute Gasteiger partial charge is 0.324 e. The minimum Gasteiger partial charge on any atom is -0.324 e. The molecule has 6 nitrogen and oxygen atoms in total. The van der Waals surface area contributed by atoms with Gasteiger partial charge in [-0.2, -0.15) is 0 Å². The van der Waals surface area contributed by atoms with E-state index < -0.39 is 0 Å². The summed E-state index contributed by atoms with van der Waals surface area (Å²) in [6.07, 6.45) is 5.77. The molecule has 0 saturated heterocycles. The quantitative estimate of drug-likeness (QED) is 0.582. The maximum atomic E-state index is 4.69. The number of fused-ring (bicyclic) bond motifs is 1. The Hall–Kier alpha value is -3.02. The second-order valence-corrected chi connectivity index (χ2v) is 5.94. The first-order chi connectivity index (χ1) is 11.6. The SMILES string of the molecule is Cc1nnn(C)c1-c1cnc2c(ccn2[C@@H](C)c2ccccn2)c1. The lowest BCUT2D eigenvalue weighted by molar-refractivity contribution is 0.638. The Labute approximate surface area is 139 Å². The number of rotatable bonds is 3. The van der Waals surface area contributed by atoms with Crippen molar-refractivity contribution in [3.8, 4) is 11.3 Å². The molecule has 0 amide bonds. The molecule has 0 bridgehead atoms. The summed E-state index contributed by atoms with van der Waals surface area (Å²) in [5.41, 5.74) is 4.89. The van der Waals surface area contributed by atoms with Crippen molar-refractivity contribution in [2.45, 2.75) is 19.9 Å². The first-order valence-electron chi connectivity index (χ1n) is 7.89. The normalized spacial score (nSPS) is 12.6. The standard InChI is InChI=1S/C18H18N6/c1-12-17(23(3)22-21-12)15-10-14-7-9-24(18(14)20-11-15)13(2)16-6-4-5-8-19-16/h4-11,13H,1-3H3/t13-/m0/s1. The molecule has 0 aliphatic carbocycles. The van der Waals surface area contributed by atoms with Crippen LogP contribution in [-0.4, -0.2) is 29.5 Å². The zero-order valence-electron chi connectivity index (χ0n) is 13.9. The third-order valence-electron chi connectivity index (χ3n) is 4.36. The molecule has 6 heteroatoms. The minimum absolute atomic E-state index is 0.127. The lowest BCUT2D eigenvalue weighted by Gasteiger charge is -2.14. The van der Waals surface area contributed by atoms with E-state index in [0.717, 1.165) is 33.7 Å². The fourth-order valence-electron chi connectivity index (χ4n) is 3.11. The lowest BCUT2D eigenvalue weighted by atomic mass is 10.1. The molecule has 4 rings (SSSR count). The van der Waals surface area contributed by atoms with Gasteiger partial charge in [-0.15, -0.1) is 5.10 Å². The highest BCUT2D eigenvalue weighted by atomic mass is 15.4. The van der Waals surface area contributed by atoms with Crippen LogP contribution >= 0.6 is 0 Å².